The molecule has 4 heteroatoms. The number of fused-ring (bicyclic) bond motifs is 10. The summed E-state index contributed by atoms with van der Waals surface area (Å²) in [5, 5.41) is 10.1. The Kier molecular flexibility index (Phi) is 6.80. The van der Waals surface area contributed by atoms with E-state index >= 15 is 0 Å². The standard InChI is InChI=1S/C51H31N3O/c52-32-33-24-26-40-41-27-25-37(31-45(41)51(44(40)28-33)42-18-4-8-22-48(42)55-49-23-9-5-19-43(49)51)35-13-10-12-34(29-35)36-14-11-15-38(30-36)50-53-46-20-6-7-21-47(46)54(50)39-16-2-1-3-17-39/h1-31H. The Morgan fingerprint density at radius 3 is 1.75 bits per heavy atom. The van der Waals surface area contributed by atoms with Gasteiger partial charge in [-0.1, -0.05) is 121 Å². The van der Waals surface area contributed by atoms with Crippen molar-refractivity contribution in [3.8, 4) is 68.0 Å². The third kappa shape index (κ3) is 4.60. The van der Waals surface area contributed by atoms with E-state index in [0.717, 1.165) is 84.1 Å². The van der Waals surface area contributed by atoms with Crippen LogP contribution in [0.5, 0.6) is 11.5 Å². The van der Waals surface area contributed by atoms with Crippen molar-refractivity contribution < 1.29 is 4.74 Å². The van der Waals surface area contributed by atoms with Crippen LogP contribution in [0.1, 0.15) is 27.8 Å². The highest BCUT2D eigenvalue weighted by Gasteiger charge is 2.51. The number of para-hydroxylation sites is 5. The summed E-state index contributed by atoms with van der Waals surface area (Å²) in [7, 11) is 0. The second kappa shape index (κ2) is 12.0. The van der Waals surface area contributed by atoms with Crippen molar-refractivity contribution >= 4 is 11.0 Å². The smallest absolute Gasteiger partial charge is 0.145 e. The van der Waals surface area contributed by atoms with Gasteiger partial charge in [-0.05, 0) is 111 Å². The summed E-state index contributed by atoms with van der Waals surface area (Å²) in [5.74, 6) is 2.57. The van der Waals surface area contributed by atoms with Crippen LogP contribution in [-0.4, -0.2) is 9.55 Å². The van der Waals surface area contributed by atoms with Gasteiger partial charge >= 0.3 is 0 Å². The summed E-state index contributed by atoms with van der Waals surface area (Å²) in [6, 6.07) is 68.3. The van der Waals surface area contributed by atoms with E-state index in [-0.39, 0.29) is 0 Å². The molecule has 2 aliphatic rings. The zero-order valence-corrected chi connectivity index (χ0v) is 29.6. The monoisotopic (exact) mass is 701 g/mol. The largest absolute Gasteiger partial charge is 0.457 e. The first-order valence-corrected chi connectivity index (χ1v) is 18.5. The number of aromatic nitrogens is 2. The first-order chi connectivity index (χ1) is 27.2. The molecule has 0 fully saturated rings. The third-order valence-corrected chi connectivity index (χ3v) is 11.3. The van der Waals surface area contributed by atoms with E-state index in [1.807, 2.05) is 30.3 Å². The predicted molar refractivity (Wildman–Crippen MR) is 219 cm³/mol. The fourth-order valence-electron chi connectivity index (χ4n) is 8.92. The van der Waals surface area contributed by atoms with E-state index in [0.29, 0.717) is 5.56 Å². The molecule has 0 saturated carbocycles. The van der Waals surface area contributed by atoms with E-state index in [9.17, 15) is 5.26 Å². The SMILES string of the molecule is N#Cc1ccc2c(c1)C1(c3ccccc3Oc3ccccc31)c1cc(-c3cccc(-c4cccc(-c5nc6ccccc6n5-c5ccccc5)c4)c3)ccc1-2. The lowest BCUT2D eigenvalue weighted by Gasteiger charge is -2.39. The van der Waals surface area contributed by atoms with E-state index in [2.05, 4.69) is 168 Å². The van der Waals surface area contributed by atoms with Gasteiger partial charge in [0.05, 0.1) is 28.1 Å². The van der Waals surface area contributed by atoms with Gasteiger partial charge in [-0.15, -0.1) is 0 Å². The van der Waals surface area contributed by atoms with Gasteiger partial charge in [0.1, 0.15) is 17.3 Å². The van der Waals surface area contributed by atoms with Gasteiger partial charge in [0.25, 0.3) is 0 Å². The molecule has 0 radical (unpaired) electrons. The van der Waals surface area contributed by atoms with Gasteiger partial charge < -0.3 is 4.74 Å². The normalized spacial score (nSPS) is 13.0. The van der Waals surface area contributed by atoms with Crippen LogP contribution in [0.15, 0.2) is 188 Å². The number of hydrogen-bond acceptors (Lipinski definition) is 3. The molecule has 0 bridgehead atoms. The van der Waals surface area contributed by atoms with Crippen LogP contribution >= 0.6 is 0 Å². The second-order valence-corrected chi connectivity index (χ2v) is 14.2. The maximum atomic E-state index is 10.1. The number of nitriles is 1. The predicted octanol–water partition coefficient (Wildman–Crippen LogP) is 12.4. The van der Waals surface area contributed by atoms with Gasteiger partial charge in [0.2, 0.25) is 0 Å². The van der Waals surface area contributed by atoms with Gasteiger partial charge in [0.15, 0.2) is 0 Å². The molecule has 55 heavy (non-hydrogen) atoms. The number of ether oxygens (including phenoxy) is 1. The van der Waals surface area contributed by atoms with Crippen molar-refractivity contribution in [2.75, 3.05) is 0 Å². The Labute approximate surface area is 318 Å². The molecule has 0 saturated heterocycles. The van der Waals surface area contributed by atoms with Crippen molar-refractivity contribution in [1.29, 1.82) is 5.26 Å². The summed E-state index contributed by atoms with van der Waals surface area (Å²) in [5.41, 5.74) is 15.4. The minimum Gasteiger partial charge on any atom is -0.457 e. The average molecular weight is 702 g/mol. The van der Waals surface area contributed by atoms with Crippen LogP contribution in [0.3, 0.4) is 0 Å². The summed E-state index contributed by atoms with van der Waals surface area (Å²) >= 11 is 0. The molecule has 0 amide bonds. The summed E-state index contributed by atoms with van der Waals surface area (Å²) in [6.07, 6.45) is 0. The van der Waals surface area contributed by atoms with Crippen LogP contribution in [0, 0.1) is 11.3 Å². The van der Waals surface area contributed by atoms with E-state index in [1.54, 1.807) is 0 Å². The van der Waals surface area contributed by atoms with Crippen molar-refractivity contribution in [2.45, 2.75) is 5.41 Å². The minimum atomic E-state index is -0.658. The Balaban J connectivity index is 1.07. The van der Waals surface area contributed by atoms with E-state index < -0.39 is 5.41 Å². The maximum Gasteiger partial charge on any atom is 0.145 e. The lowest BCUT2D eigenvalue weighted by Crippen LogP contribution is -2.32. The Morgan fingerprint density at radius 2 is 1.04 bits per heavy atom. The Bertz CT molecular complexity index is 3000. The fraction of sp³-hybridized carbons (Fsp3) is 0.0196. The molecular formula is C51H31N3O. The molecule has 11 rings (SSSR count). The molecule has 0 N–H and O–H groups in total. The summed E-state index contributed by atoms with van der Waals surface area (Å²) in [6.45, 7) is 0. The highest BCUT2D eigenvalue weighted by molar-refractivity contribution is 5.91. The van der Waals surface area contributed by atoms with Crippen LogP contribution in [0.25, 0.3) is 61.5 Å². The van der Waals surface area contributed by atoms with Crippen LogP contribution in [0.2, 0.25) is 0 Å². The zero-order chi connectivity index (χ0) is 36.5. The fourth-order valence-corrected chi connectivity index (χ4v) is 8.92. The highest BCUT2D eigenvalue weighted by Crippen LogP contribution is 2.62. The van der Waals surface area contributed by atoms with Gasteiger partial charge in [-0.3, -0.25) is 4.57 Å². The zero-order valence-electron chi connectivity index (χ0n) is 29.6. The van der Waals surface area contributed by atoms with E-state index in [4.69, 9.17) is 9.72 Å². The first kappa shape index (κ1) is 31.1. The molecule has 1 aromatic heterocycles. The number of rotatable bonds is 4. The molecule has 1 aliphatic heterocycles. The molecule has 2 heterocycles. The lowest BCUT2D eigenvalue weighted by atomic mass is 9.65. The van der Waals surface area contributed by atoms with Crippen LogP contribution in [0.4, 0.5) is 0 Å². The molecule has 8 aromatic carbocycles. The molecule has 0 atom stereocenters. The Morgan fingerprint density at radius 1 is 0.473 bits per heavy atom. The summed E-state index contributed by atoms with van der Waals surface area (Å²) in [4.78, 5) is 5.13. The topological polar surface area (TPSA) is 50.8 Å². The number of hydrogen-bond donors (Lipinski definition) is 0. The minimum absolute atomic E-state index is 0.641. The average Bonchev–Trinajstić information content (AvgIpc) is 3.78. The maximum absolute atomic E-state index is 10.1. The van der Waals surface area contributed by atoms with Crippen molar-refractivity contribution in [1.82, 2.24) is 9.55 Å². The Hall–Kier alpha value is -7.48. The highest BCUT2D eigenvalue weighted by atomic mass is 16.5. The molecule has 256 valence electrons. The molecular weight excluding hydrogens is 671 g/mol. The molecule has 1 spiro atoms. The van der Waals surface area contributed by atoms with Gasteiger partial charge in [-0.2, -0.15) is 5.26 Å². The first-order valence-electron chi connectivity index (χ1n) is 18.5. The van der Waals surface area contributed by atoms with Crippen molar-refractivity contribution in [2.24, 2.45) is 0 Å². The van der Waals surface area contributed by atoms with Crippen molar-refractivity contribution in [3.63, 3.8) is 0 Å². The molecule has 0 unspecified atom stereocenters. The molecule has 9 aromatic rings. The number of benzene rings is 8. The van der Waals surface area contributed by atoms with Crippen molar-refractivity contribution in [3.05, 3.63) is 216 Å². The third-order valence-electron chi connectivity index (χ3n) is 11.3. The quantitative estimate of drug-likeness (QED) is 0.184. The molecule has 4 nitrogen and oxygen atoms in total. The number of imidazole rings is 1. The van der Waals surface area contributed by atoms with Crippen LogP contribution < -0.4 is 4.74 Å². The van der Waals surface area contributed by atoms with Gasteiger partial charge in [-0.25, -0.2) is 4.98 Å². The number of nitrogens with zero attached hydrogens (tertiary/aromatic N) is 3. The lowest BCUT2D eigenvalue weighted by molar-refractivity contribution is 0.436. The molecule has 1 aliphatic carbocycles. The van der Waals surface area contributed by atoms with E-state index in [1.165, 1.54) is 11.1 Å². The summed E-state index contributed by atoms with van der Waals surface area (Å²) < 4.78 is 8.80. The van der Waals surface area contributed by atoms with Gasteiger partial charge in [0, 0.05) is 22.4 Å². The second-order valence-electron chi connectivity index (χ2n) is 14.2. The van der Waals surface area contributed by atoms with Crippen LogP contribution in [-0.2, 0) is 5.41 Å².